The maximum Gasteiger partial charge on any atom is 0.243 e. The van der Waals surface area contributed by atoms with Gasteiger partial charge in [-0.1, -0.05) is 97.2 Å². The fraction of sp³-hybridized carbons (Fsp3) is 0.375. The van der Waals surface area contributed by atoms with Crippen molar-refractivity contribution in [1.29, 1.82) is 0 Å². The Labute approximate surface area is 259 Å². The van der Waals surface area contributed by atoms with Crippen molar-refractivity contribution in [2.24, 2.45) is 5.92 Å². The highest BCUT2D eigenvalue weighted by Gasteiger charge is 2.30. The smallest absolute Gasteiger partial charge is 0.243 e. The summed E-state index contributed by atoms with van der Waals surface area (Å²) in [7, 11) is -3.71. The predicted molar refractivity (Wildman–Crippen MR) is 171 cm³/mol. The van der Waals surface area contributed by atoms with Crippen molar-refractivity contribution in [2.75, 3.05) is 23.7 Å². The molecule has 0 aromatic heterocycles. The molecule has 42 heavy (non-hydrogen) atoms. The second-order valence-electron chi connectivity index (χ2n) is 10.9. The van der Waals surface area contributed by atoms with Crippen molar-refractivity contribution >= 4 is 50.7 Å². The number of carbonyl (C=O) groups excluding carboxylic acids is 2. The first-order chi connectivity index (χ1) is 19.8. The van der Waals surface area contributed by atoms with Crippen LogP contribution >= 0.6 is 23.2 Å². The molecule has 3 rings (SSSR count). The minimum atomic E-state index is -3.71. The highest BCUT2D eigenvalue weighted by atomic mass is 35.5. The summed E-state index contributed by atoms with van der Waals surface area (Å²) in [5, 5.41) is 3.60. The summed E-state index contributed by atoms with van der Waals surface area (Å²) in [5.41, 5.74) is 3.17. The van der Waals surface area contributed by atoms with Crippen LogP contribution in [-0.4, -0.2) is 50.5 Å². The summed E-state index contributed by atoms with van der Waals surface area (Å²) in [6.45, 7) is 6.76. The molecule has 1 N–H and O–H groups in total. The number of halogens is 2. The highest BCUT2D eigenvalue weighted by molar-refractivity contribution is 7.92. The van der Waals surface area contributed by atoms with Gasteiger partial charge in [-0.2, -0.15) is 0 Å². The van der Waals surface area contributed by atoms with Gasteiger partial charge in [-0.05, 0) is 48.6 Å². The normalized spacial score (nSPS) is 12.2. The molecule has 1 unspecified atom stereocenters. The van der Waals surface area contributed by atoms with Gasteiger partial charge in [0.25, 0.3) is 0 Å². The monoisotopic (exact) mass is 631 g/mol. The van der Waals surface area contributed by atoms with E-state index in [0.717, 1.165) is 27.3 Å². The number of aryl methyl sites for hydroxylation is 1. The van der Waals surface area contributed by atoms with Gasteiger partial charge < -0.3 is 10.2 Å². The summed E-state index contributed by atoms with van der Waals surface area (Å²) in [5.74, 6) is -0.230. The van der Waals surface area contributed by atoms with Crippen molar-refractivity contribution < 1.29 is 18.0 Å². The van der Waals surface area contributed by atoms with Crippen LogP contribution in [0.5, 0.6) is 0 Å². The lowest BCUT2D eigenvalue weighted by Crippen LogP contribution is -2.51. The topological polar surface area (TPSA) is 86.8 Å². The zero-order valence-electron chi connectivity index (χ0n) is 24.5. The summed E-state index contributed by atoms with van der Waals surface area (Å²) in [6, 6.07) is 21.3. The first-order valence-corrected chi connectivity index (χ1v) is 16.5. The summed E-state index contributed by atoms with van der Waals surface area (Å²) in [4.78, 5) is 29.1. The second-order valence-corrected chi connectivity index (χ2v) is 13.6. The lowest BCUT2D eigenvalue weighted by molar-refractivity contribution is -0.141. The second kappa shape index (κ2) is 15.4. The number of nitrogens with zero attached hydrogens (tertiary/aromatic N) is 2. The van der Waals surface area contributed by atoms with Gasteiger partial charge in [-0.3, -0.25) is 13.9 Å². The number of amides is 2. The van der Waals surface area contributed by atoms with Crippen LogP contribution in [0.15, 0.2) is 72.8 Å². The van der Waals surface area contributed by atoms with E-state index >= 15 is 0 Å². The van der Waals surface area contributed by atoms with E-state index in [1.165, 1.54) is 12.1 Å². The Balaban J connectivity index is 1.89. The molecule has 0 bridgehead atoms. The molecular formula is C32H39Cl2N3O4S. The van der Waals surface area contributed by atoms with E-state index in [1.807, 2.05) is 75.4 Å². The molecule has 0 saturated carbocycles. The van der Waals surface area contributed by atoms with Crippen molar-refractivity contribution in [1.82, 2.24) is 10.2 Å². The molecule has 7 nitrogen and oxygen atoms in total. The van der Waals surface area contributed by atoms with Crippen molar-refractivity contribution in [3.63, 3.8) is 0 Å². The van der Waals surface area contributed by atoms with Gasteiger partial charge in [0.1, 0.15) is 6.04 Å². The van der Waals surface area contributed by atoms with E-state index in [4.69, 9.17) is 23.2 Å². The Kier molecular flexibility index (Phi) is 12.3. The molecule has 0 saturated heterocycles. The fourth-order valence-electron chi connectivity index (χ4n) is 4.53. The molecule has 0 heterocycles. The number of nitrogens with one attached hydrogen (secondary N) is 1. The van der Waals surface area contributed by atoms with E-state index in [-0.39, 0.29) is 54.4 Å². The van der Waals surface area contributed by atoms with Gasteiger partial charge >= 0.3 is 0 Å². The molecule has 0 fully saturated rings. The number of sulfonamides is 1. The van der Waals surface area contributed by atoms with E-state index in [2.05, 4.69) is 5.32 Å². The van der Waals surface area contributed by atoms with Crippen LogP contribution in [0.3, 0.4) is 0 Å². The Morgan fingerprint density at radius 3 is 2.21 bits per heavy atom. The van der Waals surface area contributed by atoms with E-state index in [1.54, 1.807) is 11.0 Å². The average Bonchev–Trinajstić information content (AvgIpc) is 2.94. The quantitative estimate of drug-likeness (QED) is 0.227. The van der Waals surface area contributed by atoms with Gasteiger partial charge in [0, 0.05) is 37.5 Å². The minimum absolute atomic E-state index is 0.0197. The van der Waals surface area contributed by atoms with Gasteiger partial charge in [0.2, 0.25) is 21.8 Å². The number of carbonyl (C=O) groups is 2. The lowest BCUT2D eigenvalue weighted by atomic mass is 10.0. The zero-order valence-corrected chi connectivity index (χ0v) is 26.8. The lowest BCUT2D eigenvalue weighted by Gasteiger charge is -2.32. The Morgan fingerprint density at radius 2 is 1.60 bits per heavy atom. The number of benzene rings is 3. The van der Waals surface area contributed by atoms with Gasteiger partial charge in [0.05, 0.1) is 17.0 Å². The van der Waals surface area contributed by atoms with E-state index in [0.29, 0.717) is 18.0 Å². The van der Waals surface area contributed by atoms with Gasteiger partial charge in [-0.25, -0.2) is 8.42 Å². The summed E-state index contributed by atoms with van der Waals surface area (Å²) < 4.78 is 26.5. The highest BCUT2D eigenvalue weighted by Crippen LogP contribution is 2.31. The standard InChI is InChI=1S/C32H39Cl2N3O4S/c1-23(2)21-35-32(39)30(19-25-9-6-5-7-10-25)36(22-26-14-12-24(3)13-15-26)31(38)11-8-18-37(42(4,40)41)29-20-27(33)16-17-28(29)34/h5-7,9-10,12-17,20,23,30H,8,11,18-19,21-22H2,1-4H3,(H,35,39). The molecule has 1 atom stereocenters. The van der Waals surface area contributed by atoms with Crippen LogP contribution in [-0.2, 0) is 32.6 Å². The van der Waals surface area contributed by atoms with E-state index < -0.39 is 16.1 Å². The third kappa shape index (κ3) is 10.0. The molecule has 0 spiro atoms. The van der Waals surface area contributed by atoms with Crippen LogP contribution in [0.25, 0.3) is 0 Å². The largest absolute Gasteiger partial charge is 0.354 e. The number of hydrogen-bond acceptors (Lipinski definition) is 4. The van der Waals surface area contributed by atoms with Crippen molar-refractivity contribution in [3.8, 4) is 0 Å². The van der Waals surface area contributed by atoms with Gasteiger partial charge in [0.15, 0.2) is 0 Å². The molecule has 10 heteroatoms. The van der Waals surface area contributed by atoms with Crippen LogP contribution < -0.4 is 9.62 Å². The third-order valence-electron chi connectivity index (χ3n) is 6.76. The molecule has 0 aliphatic heterocycles. The molecule has 2 amide bonds. The first-order valence-electron chi connectivity index (χ1n) is 13.9. The molecule has 0 radical (unpaired) electrons. The molecular weight excluding hydrogens is 593 g/mol. The minimum Gasteiger partial charge on any atom is -0.354 e. The average molecular weight is 633 g/mol. The van der Waals surface area contributed by atoms with Crippen LogP contribution in [0.1, 0.15) is 43.4 Å². The Hall–Kier alpha value is -3.07. The van der Waals surface area contributed by atoms with Gasteiger partial charge in [-0.15, -0.1) is 0 Å². The number of hydrogen-bond donors (Lipinski definition) is 1. The van der Waals surface area contributed by atoms with Crippen LogP contribution in [0.4, 0.5) is 5.69 Å². The molecule has 3 aromatic rings. The fourth-order valence-corrected chi connectivity index (χ4v) is 5.93. The Bertz CT molecular complexity index is 1450. The maximum atomic E-state index is 13.9. The Morgan fingerprint density at radius 1 is 0.929 bits per heavy atom. The third-order valence-corrected chi connectivity index (χ3v) is 8.49. The summed E-state index contributed by atoms with van der Waals surface area (Å²) in [6.07, 6.45) is 1.67. The van der Waals surface area contributed by atoms with Crippen LogP contribution in [0.2, 0.25) is 10.0 Å². The first kappa shape index (κ1) is 33.4. The van der Waals surface area contributed by atoms with E-state index in [9.17, 15) is 18.0 Å². The SMILES string of the molecule is Cc1ccc(CN(C(=O)CCCN(c2cc(Cl)ccc2Cl)S(C)(=O)=O)C(Cc2ccccc2)C(=O)NCC(C)C)cc1. The molecule has 3 aromatic carbocycles. The number of rotatable bonds is 14. The molecule has 226 valence electrons. The molecule has 0 aliphatic rings. The number of anilines is 1. The summed E-state index contributed by atoms with van der Waals surface area (Å²) >= 11 is 12.4. The van der Waals surface area contributed by atoms with Crippen LogP contribution in [0, 0.1) is 12.8 Å². The zero-order chi connectivity index (χ0) is 30.9. The molecule has 0 aliphatic carbocycles. The van der Waals surface area contributed by atoms with Crippen molar-refractivity contribution in [2.45, 2.75) is 52.6 Å². The van der Waals surface area contributed by atoms with Crippen molar-refractivity contribution in [3.05, 3.63) is 99.5 Å². The predicted octanol–water partition coefficient (Wildman–Crippen LogP) is 6.26. The maximum absolute atomic E-state index is 13.9.